The lowest BCUT2D eigenvalue weighted by atomic mass is 9.94. The molecule has 0 amide bonds. The van der Waals surface area contributed by atoms with Crippen molar-refractivity contribution in [2.24, 2.45) is 7.05 Å². The third kappa shape index (κ3) is 2.21. The molecule has 0 saturated heterocycles. The van der Waals surface area contributed by atoms with E-state index in [0.717, 1.165) is 28.8 Å². The summed E-state index contributed by atoms with van der Waals surface area (Å²) in [6.07, 6.45) is 0.953. The van der Waals surface area contributed by atoms with Gasteiger partial charge in [-0.1, -0.05) is 11.2 Å². The van der Waals surface area contributed by atoms with Gasteiger partial charge in [-0.2, -0.15) is 10.1 Å². The van der Waals surface area contributed by atoms with Crippen LogP contribution in [0.1, 0.15) is 42.0 Å². The maximum Gasteiger partial charge on any atom is 0.280 e. The summed E-state index contributed by atoms with van der Waals surface area (Å²) < 4.78 is 32.2. The van der Waals surface area contributed by atoms with Gasteiger partial charge in [-0.05, 0) is 37.5 Å². The van der Waals surface area contributed by atoms with Crippen LogP contribution in [0.2, 0.25) is 0 Å². The number of pyridine rings is 1. The smallest absolute Gasteiger partial charge is 0.280 e. The first kappa shape index (κ1) is 14.9. The molecule has 3 aromatic heterocycles. The number of halogens is 2. The molecule has 24 heavy (non-hydrogen) atoms. The Morgan fingerprint density at radius 2 is 2.12 bits per heavy atom. The van der Waals surface area contributed by atoms with Crippen molar-refractivity contribution in [3.8, 4) is 11.6 Å². The molecule has 0 N–H and O–H groups in total. The van der Waals surface area contributed by atoms with Gasteiger partial charge in [-0.15, -0.1) is 0 Å². The highest BCUT2D eigenvalue weighted by Crippen LogP contribution is 2.53. The van der Waals surface area contributed by atoms with Gasteiger partial charge in [0.15, 0.2) is 11.5 Å². The maximum atomic E-state index is 12.9. The van der Waals surface area contributed by atoms with Crippen LogP contribution in [-0.2, 0) is 12.5 Å². The molecule has 1 saturated carbocycles. The molecule has 0 spiro atoms. The standard InChI is InChI=1S/C16H15F2N5O/c1-9-10(4-3-7-19-9)16(5-6-16)15-20-14(24-22-15)11-8-12(13(17)18)23(2)21-11/h3-4,7-8,13H,5-6H2,1-2H3. The average Bonchev–Trinajstić information content (AvgIpc) is 3.02. The van der Waals surface area contributed by atoms with Crippen molar-refractivity contribution in [1.29, 1.82) is 0 Å². The Morgan fingerprint density at radius 3 is 2.75 bits per heavy atom. The zero-order valence-electron chi connectivity index (χ0n) is 13.2. The Bertz CT molecular complexity index is 898. The molecule has 3 aromatic rings. The molecular formula is C16H15F2N5O. The van der Waals surface area contributed by atoms with Crippen LogP contribution in [0.5, 0.6) is 0 Å². The van der Waals surface area contributed by atoms with Crippen molar-refractivity contribution < 1.29 is 13.3 Å². The van der Waals surface area contributed by atoms with Crippen molar-refractivity contribution in [2.45, 2.75) is 31.6 Å². The van der Waals surface area contributed by atoms with Crippen molar-refractivity contribution in [1.82, 2.24) is 24.9 Å². The first-order valence-corrected chi connectivity index (χ1v) is 7.60. The van der Waals surface area contributed by atoms with Crippen molar-refractivity contribution in [3.63, 3.8) is 0 Å². The summed E-state index contributed by atoms with van der Waals surface area (Å²) in [4.78, 5) is 8.74. The predicted octanol–water partition coefficient (Wildman–Crippen LogP) is 3.19. The normalized spacial score (nSPS) is 15.9. The molecule has 6 nitrogen and oxygen atoms in total. The third-order valence-electron chi connectivity index (χ3n) is 4.49. The number of aryl methyl sites for hydroxylation is 2. The fraction of sp³-hybridized carbons (Fsp3) is 0.375. The molecule has 0 bridgehead atoms. The molecule has 0 radical (unpaired) electrons. The molecule has 0 aliphatic heterocycles. The van der Waals surface area contributed by atoms with Gasteiger partial charge in [0.05, 0.1) is 5.41 Å². The highest BCUT2D eigenvalue weighted by atomic mass is 19.3. The lowest BCUT2D eigenvalue weighted by Crippen LogP contribution is -2.13. The minimum Gasteiger partial charge on any atom is -0.332 e. The van der Waals surface area contributed by atoms with Crippen LogP contribution in [0.15, 0.2) is 28.9 Å². The predicted molar refractivity (Wildman–Crippen MR) is 80.4 cm³/mol. The maximum absolute atomic E-state index is 12.9. The lowest BCUT2D eigenvalue weighted by molar-refractivity contribution is 0.141. The molecule has 1 aliphatic rings. The van der Waals surface area contributed by atoms with Gasteiger partial charge in [-0.25, -0.2) is 8.78 Å². The molecule has 0 atom stereocenters. The summed E-state index contributed by atoms with van der Waals surface area (Å²) in [5, 5.41) is 8.11. The summed E-state index contributed by atoms with van der Waals surface area (Å²) in [7, 11) is 1.46. The fourth-order valence-corrected chi connectivity index (χ4v) is 3.04. The van der Waals surface area contributed by atoms with E-state index in [-0.39, 0.29) is 22.7 Å². The number of alkyl halides is 2. The van der Waals surface area contributed by atoms with Gasteiger partial charge >= 0.3 is 0 Å². The SMILES string of the molecule is Cc1ncccc1C1(c2noc(-c3cc(C(F)F)n(C)n3)n2)CC1. The average molecular weight is 331 g/mol. The number of aromatic nitrogens is 5. The van der Waals surface area contributed by atoms with Gasteiger partial charge in [0.25, 0.3) is 12.3 Å². The number of rotatable bonds is 4. The third-order valence-corrected chi connectivity index (χ3v) is 4.49. The first-order valence-electron chi connectivity index (χ1n) is 7.60. The van der Waals surface area contributed by atoms with E-state index in [2.05, 4.69) is 20.2 Å². The Balaban J connectivity index is 1.71. The minimum absolute atomic E-state index is 0.153. The van der Waals surface area contributed by atoms with E-state index in [1.807, 2.05) is 19.1 Å². The van der Waals surface area contributed by atoms with Crippen molar-refractivity contribution in [2.75, 3.05) is 0 Å². The molecule has 4 rings (SSSR count). The zero-order valence-corrected chi connectivity index (χ0v) is 13.2. The van der Waals surface area contributed by atoms with E-state index >= 15 is 0 Å². The van der Waals surface area contributed by atoms with Crippen molar-refractivity contribution >= 4 is 0 Å². The molecule has 124 valence electrons. The van der Waals surface area contributed by atoms with E-state index in [1.165, 1.54) is 13.1 Å². The fourth-order valence-electron chi connectivity index (χ4n) is 3.04. The van der Waals surface area contributed by atoms with Gasteiger partial charge in [0.2, 0.25) is 0 Å². The largest absolute Gasteiger partial charge is 0.332 e. The molecule has 8 heteroatoms. The van der Waals surface area contributed by atoms with E-state index in [0.29, 0.717) is 5.82 Å². The highest BCUT2D eigenvalue weighted by Gasteiger charge is 2.51. The Kier molecular flexibility index (Phi) is 3.22. The highest BCUT2D eigenvalue weighted by molar-refractivity contribution is 5.49. The van der Waals surface area contributed by atoms with E-state index < -0.39 is 6.43 Å². The topological polar surface area (TPSA) is 69.6 Å². The summed E-state index contributed by atoms with van der Waals surface area (Å²) in [5.74, 6) is 0.707. The van der Waals surface area contributed by atoms with Crippen LogP contribution in [0.25, 0.3) is 11.6 Å². The van der Waals surface area contributed by atoms with Gasteiger partial charge < -0.3 is 4.52 Å². The van der Waals surface area contributed by atoms with Crippen LogP contribution in [-0.4, -0.2) is 24.9 Å². The summed E-state index contributed by atoms with van der Waals surface area (Å²) in [6, 6.07) is 5.18. The molecule has 1 aliphatic carbocycles. The van der Waals surface area contributed by atoms with E-state index in [4.69, 9.17) is 4.52 Å². The van der Waals surface area contributed by atoms with Crippen LogP contribution < -0.4 is 0 Å². The second kappa shape index (κ2) is 5.19. The summed E-state index contributed by atoms with van der Waals surface area (Å²) in [5.41, 5.74) is 1.78. The summed E-state index contributed by atoms with van der Waals surface area (Å²) >= 11 is 0. The lowest BCUT2D eigenvalue weighted by Gasteiger charge is -2.12. The molecule has 0 aromatic carbocycles. The molecule has 3 heterocycles. The molecule has 0 unspecified atom stereocenters. The van der Waals surface area contributed by atoms with E-state index in [1.54, 1.807) is 6.20 Å². The van der Waals surface area contributed by atoms with Crippen LogP contribution >= 0.6 is 0 Å². The quantitative estimate of drug-likeness (QED) is 0.734. The van der Waals surface area contributed by atoms with Crippen LogP contribution in [0.4, 0.5) is 8.78 Å². The minimum atomic E-state index is -2.61. The Labute approximate surface area is 136 Å². The second-order valence-corrected chi connectivity index (χ2v) is 6.02. The van der Waals surface area contributed by atoms with E-state index in [9.17, 15) is 8.78 Å². The van der Waals surface area contributed by atoms with Gasteiger partial charge in [-0.3, -0.25) is 9.67 Å². The van der Waals surface area contributed by atoms with Crippen LogP contribution in [0.3, 0.4) is 0 Å². The zero-order chi connectivity index (χ0) is 16.9. The second-order valence-electron chi connectivity index (χ2n) is 6.02. The first-order chi connectivity index (χ1) is 11.5. The Hall–Kier alpha value is -2.64. The van der Waals surface area contributed by atoms with Crippen molar-refractivity contribution in [3.05, 3.63) is 47.2 Å². The summed E-state index contributed by atoms with van der Waals surface area (Å²) in [6.45, 7) is 1.95. The van der Waals surface area contributed by atoms with Crippen LogP contribution in [0, 0.1) is 6.92 Å². The number of nitrogens with zero attached hydrogens (tertiary/aromatic N) is 5. The monoisotopic (exact) mass is 331 g/mol. The number of hydrogen-bond donors (Lipinski definition) is 0. The number of hydrogen-bond acceptors (Lipinski definition) is 5. The molecule has 1 fully saturated rings. The van der Waals surface area contributed by atoms with Gasteiger partial charge in [0, 0.05) is 18.9 Å². The Morgan fingerprint density at radius 1 is 1.33 bits per heavy atom. The molecular weight excluding hydrogens is 316 g/mol. The van der Waals surface area contributed by atoms with Gasteiger partial charge in [0.1, 0.15) is 5.69 Å².